The number of halogens is 6. The summed E-state index contributed by atoms with van der Waals surface area (Å²) in [6, 6.07) is 41.0. The first-order valence-electron chi connectivity index (χ1n) is 17.3. The molecule has 0 saturated carbocycles. The Hall–Kier alpha value is -4.38. The van der Waals surface area contributed by atoms with E-state index < -0.39 is 17.9 Å². The lowest BCUT2D eigenvalue weighted by Crippen LogP contribution is -2.14. The van der Waals surface area contributed by atoms with E-state index in [9.17, 15) is 28.8 Å². The molecule has 15 heteroatoms. The van der Waals surface area contributed by atoms with Gasteiger partial charge in [-0.2, -0.15) is 0 Å². The predicted molar refractivity (Wildman–Crippen MR) is 249 cm³/mol. The maximum atomic E-state index is 11.8. The maximum Gasteiger partial charge on any atom is 0.338 e. The highest BCUT2D eigenvalue weighted by Gasteiger charge is 2.14. The molecule has 6 aromatic carbocycles. The Balaban J connectivity index is 0.000000198. The zero-order chi connectivity index (χ0) is 43.6. The van der Waals surface area contributed by atoms with Crippen molar-refractivity contribution >= 4 is 131 Å². The Morgan fingerprint density at radius 2 is 0.417 bits per heavy atom. The van der Waals surface area contributed by atoms with Crippen LogP contribution in [0.3, 0.4) is 0 Å². The van der Waals surface area contributed by atoms with Crippen molar-refractivity contribution in [3.63, 3.8) is 0 Å². The van der Waals surface area contributed by atoms with Gasteiger partial charge in [-0.25, -0.2) is 14.4 Å². The van der Waals surface area contributed by atoms with Crippen LogP contribution in [0.4, 0.5) is 0 Å². The summed E-state index contributed by atoms with van der Waals surface area (Å²) in [4.78, 5) is 70.8. The molecule has 0 aromatic heterocycles. The average Bonchev–Trinajstić information content (AvgIpc) is 3.25. The number of carbonyl (C=O) groups is 6. The molecule has 0 fully saturated rings. The average molecular weight is 1190 g/mol. The van der Waals surface area contributed by atoms with E-state index in [2.05, 4.69) is 95.6 Å². The van der Waals surface area contributed by atoms with E-state index in [-0.39, 0.29) is 37.2 Å². The second kappa shape index (κ2) is 24.8. The second-order valence-corrected chi connectivity index (χ2v) is 17.5. The standard InChI is InChI=1S/3C15H10Br2O3/c3*16-12-5-1-10(2-6-12)14(18)9-20-15(19)11-3-7-13(17)8-4-11/h3*1-8H,9H2. The lowest BCUT2D eigenvalue weighted by atomic mass is 10.1. The van der Waals surface area contributed by atoms with Gasteiger partial charge in [0.25, 0.3) is 0 Å². The zero-order valence-electron chi connectivity index (χ0n) is 30.9. The first-order valence-corrected chi connectivity index (χ1v) is 22.1. The zero-order valence-corrected chi connectivity index (χ0v) is 40.4. The predicted octanol–water partition coefficient (Wildman–Crippen LogP) is 12.8. The van der Waals surface area contributed by atoms with Crippen molar-refractivity contribution in [2.45, 2.75) is 0 Å². The number of Topliss-reactive ketones (excluding diaryl/α,β-unsaturated/α-hetero) is 3. The molecule has 0 spiro atoms. The molecule has 0 unspecified atom stereocenters. The lowest BCUT2D eigenvalue weighted by Gasteiger charge is -2.04. The highest BCUT2D eigenvalue weighted by molar-refractivity contribution is 9.11. The molecule has 0 amide bonds. The van der Waals surface area contributed by atoms with Crippen molar-refractivity contribution in [1.82, 2.24) is 0 Å². The number of hydrogen-bond donors (Lipinski definition) is 0. The van der Waals surface area contributed by atoms with Gasteiger partial charge in [0.2, 0.25) is 0 Å². The minimum Gasteiger partial charge on any atom is -0.454 e. The molecule has 0 aliphatic rings. The molecule has 0 aliphatic heterocycles. The minimum absolute atomic E-state index is 0.233. The highest BCUT2D eigenvalue weighted by Crippen LogP contribution is 2.16. The Morgan fingerprint density at radius 1 is 0.267 bits per heavy atom. The van der Waals surface area contributed by atoms with Crippen molar-refractivity contribution in [3.8, 4) is 0 Å². The second-order valence-electron chi connectivity index (χ2n) is 12.0. The molecule has 0 radical (unpaired) electrons. The van der Waals surface area contributed by atoms with Crippen LogP contribution >= 0.6 is 95.6 Å². The molecule has 0 heterocycles. The van der Waals surface area contributed by atoms with Gasteiger partial charge >= 0.3 is 17.9 Å². The van der Waals surface area contributed by atoms with Crippen molar-refractivity contribution < 1.29 is 43.0 Å². The third kappa shape index (κ3) is 16.6. The summed E-state index contributed by atoms with van der Waals surface area (Å²) in [5.41, 5.74) is 2.77. The first kappa shape index (κ1) is 48.3. The smallest absolute Gasteiger partial charge is 0.338 e. The highest BCUT2D eigenvalue weighted by atomic mass is 79.9. The third-order valence-corrected chi connectivity index (χ3v) is 10.9. The van der Waals surface area contributed by atoms with Gasteiger partial charge in [0, 0.05) is 43.5 Å². The van der Waals surface area contributed by atoms with Crippen LogP contribution < -0.4 is 0 Å². The third-order valence-electron chi connectivity index (χ3n) is 7.74. The van der Waals surface area contributed by atoms with Gasteiger partial charge in [0.15, 0.2) is 37.2 Å². The molecule has 0 aliphatic carbocycles. The van der Waals surface area contributed by atoms with Gasteiger partial charge < -0.3 is 14.2 Å². The molecular weight excluding hydrogens is 1160 g/mol. The van der Waals surface area contributed by atoms with Gasteiger partial charge in [-0.1, -0.05) is 132 Å². The number of hydrogen-bond acceptors (Lipinski definition) is 9. The Morgan fingerprint density at radius 3 is 0.583 bits per heavy atom. The van der Waals surface area contributed by atoms with E-state index in [0.717, 1.165) is 26.8 Å². The van der Waals surface area contributed by atoms with E-state index >= 15 is 0 Å². The number of esters is 3. The number of benzene rings is 6. The van der Waals surface area contributed by atoms with Crippen LogP contribution in [0, 0.1) is 0 Å². The van der Waals surface area contributed by atoms with Crippen LogP contribution in [0.15, 0.2) is 172 Å². The van der Waals surface area contributed by atoms with Crippen molar-refractivity contribution in [2.75, 3.05) is 19.8 Å². The van der Waals surface area contributed by atoms with Gasteiger partial charge in [-0.3, -0.25) is 14.4 Å². The molecular formula is C45H30Br6O9. The van der Waals surface area contributed by atoms with Crippen molar-refractivity contribution in [2.24, 2.45) is 0 Å². The summed E-state index contributed by atoms with van der Waals surface area (Å²) in [5, 5.41) is 0. The fraction of sp³-hybridized carbons (Fsp3) is 0.0667. The molecule has 306 valence electrons. The minimum atomic E-state index is -0.511. The Bertz CT molecular complexity index is 1960. The summed E-state index contributed by atoms with van der Waals surface area (Å²) >= 11 is 19.7. The molecule has 60 heavy (non-hydrogen) atoms. The fourth-order valence-electron chi connectivity index (χ4n) is 4.56. The van der Waals surface area contributed by atoms with Gasteiger partial charge in [0.1, 0.15) is 0 Å². The van der Waals surface area contributed by atoms with E-state index in [4.69, 9.17) is 14.2 Å². The quantitative estimate of drug-likeness (QED) is 0.0668. The van der Waals surface area contributed by atoms with Gasteiger partial charge in [-0.05, 0) is 109 Å². The summed E-state index contributed by atoms with van der Waals surface area (Å²) in [6.45, 7) is -0.802. The topological polar surface area (TPSA) is 130 Å². The SMILES string of the molecule is O=C(COC(=O)c1ccc(Br)cc1)c1ccc(Br)cc1.O=C(COC(=O)c1ccc(Br)cc1)c1ccc(Br)cc1.O=C(COC(=O)c1ccc(Br)cc1)c1ccc(Br)cc1. The molecule has 6 rings (SSSR count). The van der Waals surface area contributed by atoms with Crippen LogP contribution in [-0.4, -0.2) is 55.1 Å². The fourth-order valence-corrected chi connectivity index (χ4v) is 6.14. The lowest BCUT2D eigenvalue weighted by molar-refractivity contribution is 0.0472. The van der Waals surface area contributed by atoms with E-state index in [1.807, 2.05) is 0 Å². The molecule has 9 nitrogen and oxygen atoms in total. The maximum absolute atomic E-state index is 11.8. The van der Waals surface area contributed by atoms with E-state index in [0.29, 0.717) is 33.4 Å². The Kier molecular flexibility index (Phi) is 19.9. The Labute approximate surface area is 396 Å². The molecule has 0 N–H and O–H groups in total. The van der Waals surface area contributed by atoms with Crippen molar-refractivity contribution in [1.29, 1.82) is 0 Å². The number of rotatable bonds is 12. The molecule has 6 aromatic rings. The van der Waals surface area contributed by atoms with Gasteiger partial charge in [0.05, 0.1) is 16.7 Å². The molecule has 0 atom stereocenters. The van der Waals surface area contributed by atoms with Crippen LogP contribution in [0.25, 0.3) is 0 Å². The normalized spacial score (nSPS) is 10.1. The van der Waals surface area contributed by atoms with Crippen LogP contribution in [0.1, 0.15) is 62.1 Å². The van der Waals surface area contributed by atoms with Crippen LogP contribution in [0.5, 0.6) is 0 Å². The summed E-state index contributed by atoms with van der Waals surface area (Å²) < 4.78 is 20.3. The van der Waals surface area contributed by atoms with E-state index in [1.54, 1.807) is 146 Å². The summed E-state index contributed by atoms with van der Waals surface area (Å²) in [6.07, 6.45) is 0. The largest absolute Gasteiger partial charge is 0.454 e. The number of ether oxygens (including phenoxy) is 3. The monoisotopic (exact) mass is 1190 g/mol. The van der Waals surface area contributed by atoms with Gasteiger partial charge in [-0.15, -0.1) is 0 Å². The first-order chi connectivity index (χ1) is 28.7. The van der Waals surface area contributed by atoms with Crippen LogP contribution in [-0.2, 0) is 14.2 Å². The number of ketones is 3. The molecule has 0 saturated heterocycles. The molecule has 0 bridgehead atoms. The van der Waals surface area contributed by atoms with Crippen LogP contribution in [0.2, 0.25) is 0 Å². The van der Waals surface area contributed by atoms with Crippen molar-refractivity contribution in [3.05, 3.63) is 206 Å². The summed E-state index contributed by atoms with van der Waals surface area (Å²) in [5.74, 6) is -2.23. The summed E-state index contributed by atoms with van der Waals surface area (Å²) in [7, 11) is 0. The number of carbonyl (C=O) groups excluding carboxylic acids is 6. The van der Waals surface area contributed by atoms with E-state index in [1.165, 1.54) is 0 Å².